The van der Waals surface area contributed by atoms with E-state index in [1.54, 1.807) is 4.90 Å². The van der Waals surface area contributed by atoms with Crippen molar-refractivity contribution < 1.29 is 24.2 Å². The minimum Gasteiger partial charge on any atom is -0.495 e. The summed E-state index contributed by atoms with van der Waals surface area (Å²) < 4.78 is 5.19. The first kappa shape index (κ1) is 20.5. The zero-order valence-corrected chi connectivity index (χ0v) is 15.9. The number of methoxy groups -OCH3 is 1. The predicted molar refractivity (Wildman–Crippen MR) is 101 cm³/mol. The lowest BCUT2D eigenvalue weighted by molar-refractivity contribution is -0.121. The topological polar surface area (TPSA) is 108 Å². The van der Waals surface area contributed by atoms with E-state index in [0.29, 0.717) is 37.7 Å². The number of carbonyl (C=O) groups excluding carboxylic acids is 2. The standard InChI is InChI=1S/C19H27N3O5/c1-12(2)10-20-19(26)22-8-4-5-14(11-22)17(23)21-15-7-6-13(18(24)25)9-16(15)27-3/h6-7,9,12,14H,4-5,8,10-11H2,1-3H3,(H,20,26)(H,21,23)(H,24,25). The van der Waals surface area contributed by atoms with E-state index in [2.05, 4.69) is 10.6 Å². The molecule has 1 aromatic carbocycles. The maximum Gasteiger partial charge on any atom is 0.335 e. The van der Waals surface area contributed by atoms with E-state index in [0.717, 1.165) is 6.42 Å². The van der Waals surface area contributed by atoms with E-state index < -0.39 is 5.97 Å². The Hall–Kier alpha value is -2.77. The summed E-state index contributed by atoms with van der Waals surface area (Å²) in [4.78, 5) is 37.6. The summed E-state index contributed by atoms with van der Waals surface area (Å²) in [6.45, 7) is 5.63. The Morgan fingerprint density at radius 1 is 1.33 bits per heavy atom. The Kier molecular flexibility index (Phi) is 7.04. The first-order valence-corrected chi connectivity index (χ1v) is 9.06. The molecule has 1 aliphatic heterocycles. The van der Waals surface area contributed by atoms with Crippen LogP contribution in [-0.2, 0) is 4.79 Å². The van der Waals surface area contributed by atoms with Gasteiger partial charge in [-0.25, -0.2) is 9.59 Å². The van der Waals surface area contributed by atoms with Crippen molar-refractivity contribution in [2.45, 2.75) is 26.7 Å². The second-order valence-electron chi connectivity index (χ2n) is 7.07. The molecule has 3 amide bonds. The van der Waals surface area contributed by atoms with Crippen LogP contribution >= 0.6 is 0 Å². The van der Waals surface area contributed by atoms with Gasteiger partial charge < -0.3 is 25.4 Å². The van der Waals surface area contributed by atoms with Gasteiger partial charge in [0.05, 0.1) is 24.3 Å². The number of nitrogens with zero attached hydrogens (tertiary/aromatic N) is 1. The summed E-state index contributed by atoms with van der Waals surface area (Å²) in [5.74, 6) is -0.962. The van der Waals surface area contributed by atoms with Crippen molar-refractivity contribution in [3.8, 4) is 5.75 Å². The van der Waals surface area contributed by atoms with E-state index in [4.69, 9.17) is 9.84 Å². The summed E-state index contributed by atoms with van der Waals surface area (Å²) in [6, 6.07) is 4.14. The van der Waals surface area contributed by atoms with Crippen LogP contribution in [0.4, 0.5) is 10.5 Å². The first-order chi connectivity index (χ1) is 12.8. The average Bonchev–Trinajstić information content (AvgIpc) is 2.66. The van der Waals surface area contributed by atoms with Gasteiger partial charge in [-0.15, -0.1) is 0 Å². The van der Waals surface area contributed by atoms with E-state index in [1.165, 1.54) is 25.3 Å². The Bertz CT molecular complexity index is 705. The van der Waals surface area contributed by atoms with E-state index in [9.17, 15) is 14.4 Å². The van der Waals surface area contributed by atoms with Crippen LogP contribution in [0.5, 0.6) is 5.75 Å². The molecule has 1 aromatic rings. The number of carboxylic acid groups (broad SMARTS) is 1. The molecule has 27 heavy (non-hydrogen) atoms. The van der Waals surface area contributed by atoms with Gasteiger partial charge in [0, 0.05) is 19.6 Å². The van der Waals surface area contributed by atoms with Crippen molar-refractivity contribution in [1.29, 1.82) is 0 Å². The maximum atomic E-state index is 12.6. The SMILES string of the molecule is COc1cc(C(=O)O)ccc1NC(=O)C1CCCN(C(=O)NCC(C)C)C1. The molecule has 0 aliphatic carbocycles. The van der Waals surface area contributed by atoms with E-state index >= 15 is 0 Å². The highest BCUT2D eigenvalue weighted by Crippen LogP contribution is 2.27. The van der Waals surface area contributed by atoms with Gasteiger partial charge >= 0.3 is 12.0 Å². The Morgan fingerprint density at radius 3 is 2.70 bits per heavy atom. The monoisotopic (exact) mass is 377 g/mol. The molecule has 0 aromatic heterocycles. The molecule has 1 aliphatic rings. The van der Waals surface area contributed by atoms with Crippen molar-refractivity contribution in [2.24, 2.45) is 11.8 Å². The van der Waals surface area contributed by atoms with Crippen LogP contribution in [0.2, 0.25) is 0 Å². The van der Waals surface area contributed by atoms with Crippen molar-refractivity contribution in [3.05, 3.63) is 23.8 Å². The van der Waals surface area contributed by atoms with Gasteiger partial charge in [0.2, 0.25) is 5.91 Å². The lowest BCUT2D eigenvalue weighted by Gasteiger charge is -2.32. The number of anilines is 1. The number of hydrogen-bond acceptors (Lipinski definition) is 4. The predicted octanol–water partition coefficient (Wildman–Crippen LogP) is 2.41. The van der Waals surface area contributed by atoms with Gasteiger partial charge in [0.1, 0.15) is 5.75 Å². The van der Waals surface area contributed by atoms with Gasteiger partial charge in [-0.3, -0.25) is 4.79 Å². The fourth-order valence-corrected chi connectivity index (χ4v) is 2.94. The van der Waals surface area contributed by atoms with Crippen LogP contribution in [0.15, 0.2) is 18.2 Å². The number of amides is 3. The van der Waals surface area contributed by atoms with Crippen LogP contribution in [0.1, 0.15) is 37.0 Å². The van der Waals surface area contributed by atoms with Crippen molar-refractivity contribution >= 4 is 23.6 Å². The molecule has 1 unspecified atom stereocenters. The van der Waals surface area contributed by atoms with Crippen LogP contribution in [0, 0.1) is 11.8 Å². The number of likely N-dealkylation sites (tertiary alicyclic amines) is 1. The van der Waals surface area contributed by atoms with E-state index in [1.807, 2.05) is 13.8 Å². The normalized spacial score (nSPS) is 16.7. The van der Waals surface area contributed by atoms with Gasteiger partial charge in [0.25, 0.3) is 0 Å². The van der Waals surface area contributed by atoms with Crippen LogP contribution in [0.3, 0.4) is 0 Å². The third-order valence-electron chi connectivity index (χ3n) is 4.45. The molecule has 8 nitrogen and oxygen atoms in total. The second kappa shape index (κ2) is 9.25. The van der Waals surface area contributed by atoms with Crippen LogP contribution in [-0.4, -0.2) is 54.7 Å². The number of nitrogens with one attached hydrogen (secondary N) is 2. The average molecular weight is 377 g/mol. The first-order valence-electron chi connectivity index (χ1n) is 9.06. The Balaban J connectivity index is 2.01. The lowest BCUT2D eigenvalue weighted by Crippen LogP contribution is -2.48. The van der Waals surface area contributed by atoms with Crippen LogP contribution < -0.4 is 15.4 Å². The number of rotatable bonds is 6. The molecule has 0 bridgehead atoms. The molecule has 0 saturated carbocycles. The van der Waals surface area contributed by atoms with Gasteiger partial charge in [-0.1, -0.05) is 13.8 Å². The molecular formula is C19H27N3O5. The number of carboxylic acids is 1. The van der Waals surface area contributed by atoms with Gasteiger partial charge in [-0.2, -0.15) is 0 Å². The molecule has 3 N–H and O–H groups in total. The molecule has 148 valence electrons. The highest BCUT2D eigenvalue weighted by Gasteiger charge is 2.29. The van der Waals surface area contributed by atoms with Gasteiger partial charge in [0.15, 0.2) is 0 Å². The minimum absolute atomic E-state index is 0.0792. The molecule has 0 radical (unpaired) electrons. The number of aromatic carboxylic acids is 1. The number of ether oxygens (including phenoxy) is 1. The zero-order chi connectivity index (χ0) is 20.0. The smallest absolute Gasteiger partial charge is 0.335 e. The highest BCUT2D eigenvalue weighted by atomic mass is 16.5. The highest BCUT2D eigenvalue weighted by molar-refractivity contribution is 5.96. The fourth-order valence-electron chi connectivity index (χ4n) is 2.94. The summed E-state index contributed by atoms with van der Waals surface area (Å²) >= 11 is 0. The van der Waals surface area contributed by atoms with Gasteiger partial charge in [-0.05, 0) is 37.0 Å². The van der Waals surface area contributed by atoms with Crippen molar-refractivity contribution in [2.75, 3.05) is 32.1 Å². The van der Waals surface area contributed by atoms with E-state index in [-0.39, 0.29) is 29.2 Å². The molecule has 0 spiro atoms. The fraction of sp³-hybridized carbons (Fsp3) is 0.526. The lowest BCUT2D eigenvalue weighted by atomic mass is 9.97. The third kappa shape index (κ3) is 5.60. The summed E-state index contributed by atoms with van der Waals surface area (Å²) in [5, 5.41) is 14.7. The number of urea groups is 1. The Labute approximate surface area is 158 Å². The van der Waals surface area contributed by atoms with Crippen molar-refractivity contribution in [1.82, 2.24) is 10.2 Å². The zero-order valence-electron chi connectivity index (χ0n) is 15.9. The van der Waals surface area contributed by atoms with Crippen LogP contribution in [0.25, 0.3) is 0 Å². The quantitative estimate of drug-likeness (QED) is 0.706. The summed E-state index contributed by atoms with van der Waals surface area (Å²) in [6.07, 6.45) is 1.44. The summed E-state index contributed by atoms with van der Waals surface area (Å²) in [7, 11) is 1.41. The van der Waals surface area contributed by atoms with Crippen molar-refractivity contribution in [3.63, 3.8) is 0 Å². The molecule has 1 fully saturated rings. The summed E-state index contributed by atoms with van der Waals surface area (Å²) in [5.41, 5.74) is 0.490. The molecule has 1 atom stereocenters. The largest absolute Gasteiger partial charge is 0.495 e. The Morgan fingerprint density at radius 2 is 2.07 bits per heavy atom. The number of benzene rings is 1. The number of hydrogen-bond donors (Lipinski definition) is 3. The molecular weight excluding hydrogens is 350 g/mol. The third-order valence-corrected chi connectivity index (χ3v) is 4.45. The minimum atomic E-state index is -1.07. The number of carbonyl (C=O) groups is 3. The number of piperidine rings is 1. The molecule has 1 saturated heterocycles. The maximum absolute atomic E-state index is 12.6. The molecule has 1 heterocycles. The molecule has 8 heteroatoms. The molecule has 2 rings (SSSR count). The second-order valence-corrected chi connectivity index (χ2v) is 7.07.